The molecule has 26 heavy (non-hydrogen) atoms. The standard InChI is InChI=1S/C20H28N4O2/c1-13(2)23-17-11-10-15(12-18(17)24(14(3)4)20(23)26)21-22-16-8-6-5-7-9-19(16)25/h10-14,21H,5-9H2,1-4H3/b22-16+. The highest BCUT2D eigenvalue weighted by Crippen LogP contribution is 2.24. The van der Waals surface area contributed by atoms with Gasteiger partial charge in [-0.15, -0.1) is 0 Å². The van der Waals surface area contributed by atoms with E-state index in [1.165, 1.54) is 0 Å². The second-order valence-corrected chi connectivity index (χ2v) is 7.57. The van der Waals surface area contributed by atoms with Gasteiger partial charge in [-0.3, -0.25) is 19.4 Å². The van der Waals surface area contributed by atoms with Crippen LogP contribution in [0, 0.1) is 0 Å². The Bertz CT molecular complexity index is 902. The van der Waals surface area contributed by atoms with Crippen LogP contribution in [0.2, 0.25) is 0 Å². The van der Waals surface area contributed by atoms with Crippen LogP contribution in [-0.4, -0.2) is 20.6 Å². The normalized spacial score (nSPS) is 17.5. The van der Waals surface area contributed by atoms with E-state index in [1.54, 1.807) is 0 Å². The lowest BCUT2D eigenvalue weighted by Gasteiger charge is -2.08. The van der Waals surface area contributed by atoms with Crippen molar-refractivity contribution in [2.24, 2.45) is 5.10 Å². The van der Waals surface area contributed by atoms with Crippen LogP contribution < -0.4 is 11.1 Å². The molecule has 0 spiro atoms. The van der Waals surface area contributed by atoms with Gasteiger partial charge in [-0.2, -0.15) is 5.10 Å². The quantitative estimate of drug-likeness (QED) is 0.657. The van der Waals surface area contributed by atoms with Crippen LogP contribution in [-0.2, 0) is 4.79 Å². The maximum absolute atomic E-state index is 12.8. The number of hydrazone groups is 1. The molecular weight excluding hydrogens is 328 g/mol. The summed E-state index contributed by atoms with van der Waals surface area (Å²) in [6.07, 6.45) is 4.36. The van der Waals surface area contributed by atoms with Crippen LogP contribution in [0.25, 0.3) is 11.0 Å². The largest absolute Gasteiger partial charge is 0.329 e. The lowest BCUT2D eigenvalue weighted by Crippen LogP contribution is -2.26. The lowest BCUT2D eigenvalue weighted by atomic mass is 10.1. The smallest absolute Gasteiger partial charge is 0.293 e. The van der Waals surface area contributed by atoms with Gasteiger partial charge in [0.15, 0.2) is 5.78 Å². The Morgan fingerprint density at radius 3 is 2.27 bits per heavy atom. The van der Waals surface area contributed by atoms with Gasteiger partial charge in [0, 0.05) is 18.5 Å². The summed E-state index contributed by atoms with van der Waals surface area (Å²) in [5.41, 5.74) is 6.26. The average molecular weight is 356 g/mol. The Morgan fingerprint density at radius 2 is 1.58 bits per heavy atom. The minimum atomic E-state index is 0.00686. The number of Topliss-reactive ketones (excluding diaryl/α,β-unsaturated/α-hetero) is 1. The summed E-state index contributed by atoms with van der Waals surface area (Å²) in [5.74, 6) is 0.140. The van der Waals surface area contributed by atoms with E-state index >= 15 is 0 Å². The average Bonchev–Trinajstić information content (AvgIpc) is 2.71. The van der Waals surface area contributed by atoms with E-state index in [0.717, 1.165) is 42.4 Å². The van der Waals surface area contributed by atoms with Crippen LogP contribution in [0.4, 0.5) is 5.69 Å². The molecule has 0 radical (unpaired) electrons. The number of ketones is 1. The molecule has 1 heterocycles. The molecule has 0 atom stereocenters. The minimum absolute atomic E-state index is 0.00686. The van der Waals surface area contributed by atoms with Crippen LogP contribution >= 0.6 is 0 Å². The number of benzene rings is 1. The number of nitrogens with zero attached hydrogens (tertiary/aromatic N) is 3. The number of hydrogen-bond donors (Lipinski definition) is 1. The van der Waals surface area contributed by atoms with Gasteiger partial charge in [0.2, 0.25) is 0 Å². The van der Waals surface area contributed by atoms with E-state index in [2.05, 4.69) is 10.5 Å². The van der Waals surface area contributed by atoms with Gasteiger partial charge in [0.25, 0.3) is 0 Å². The molecule has 1 aromatic heterocycles. The molecule has 2 aromatic rings. The Labute approximate surface area is 153 Å². The van der Waals surface area contributed by atoms with Crippen molar-refractivity contribution >= 4 is 28.2 Å². The number of anilines is 1. The fourth-order valence-electron chi connectivity index (χ4n) is 3.60. The summed E-state index contributed by atoms with van der Waals surface area (Å²) in [6.45, 7) is 8.05. The van der Waals surface area contributed by atoms with E-state index < -0.39 is 0 Å². The van der Waals surface area contributed by atoms with E-state index in [-0.39, 0.29) is 23.6 Å². The fourth-order valence-corrected chi connectivity index (χ4v) is 3.60. The summed E-state index contributed by atoms with van der Waals surface area (Å²) in [5, 5.41) is 4.36. The highest BCUT2D eigenvalue weighted by atomic mass is 16.2. The number of carbonyl (C=O) groups is 1. The number of fused-ring (bicyclic) bond motifs is 1. The third kappa shape index (κ3) is 3.45. The van der Waals surface area contributed by atoms with E-state index in [1.807, 2.05) is 55.0 Å². The number of hydrogen-bond acceptors (Lipinski definition) is 4. The highest BCUT2D eigenvalue weighted by molar-refractivity contribution is 6.40. The predicted molar refractivity (Wildman–Crippen MR) is 106 cm³/mol. The molecule has 0 amide bonds. The van der Waals surface area contributed by atoms with Gasteiger partial charge in [-0.05, 0) is 65.2 Å². The first-order valence-electron chi connectivity index (χ1n) is 9.52. The third-order valence-electron chi connectivity index (χ3n) is 4.90. The third-order valence-corrected chi connectivity index (χ3v) is 4.90. The van der Waals surface area contributed by atoms with Gasteiger partial charge in [-0.1, -0.05) is 6.42 Å². The number of rotatable bonds is 4. The molecule has 6 heteroatoms. The molecule has 3 rings (SSSR count). The van der Waals surface area contributed by atoms with Gasteiger partial charge in [0.1, 0.15) is 5.71 Å². The zero-order valence-corrected chi connectivity index (χ0v) is 16.1. The number of nitrogens with one attached hydrogen (secondary N) is 1. The maximum Gasteiger partial charge on any atom is 0.329 e. The van der Waals surface area contributed by atoms with Crippen molar-refractivity contribution < 1.29 is 4.79 Å². The molecule has 0 unspecified atom stereocenters. The van der Waals surface area contributed by atoms with E-state index in [0.29, 0.717) is 12.1 Å². The van der Waals surface area contributed by atoms with Crippen molar-refractivity contribution in [3.63, 3.8) is 0 Å². The van der Waals surface area contributed by atoms with Crippen molar-refractivity contribution in [3.05, 3.63) is 28.7 Å². The van der Waals surface area contributed by atoms with E-state index in [4.69, 9.17) is 0 Å². The molecular formula is C20H28N4O2. The zero-order valence-electron chi connectivity index (χ0n) is 16.1. The van der Waals surface area contributed by atoms with Crippen LogP contribution in [0.5, 0.6) is 0 Å². The molecule has 1 aromatic carbocycles. The molecule has 1 saturated carbocycles. The van der Waals surface area contributed by atoms with Crippen LogP contribution in [0.3, 0.4) is 0 Å². The molecule has 1 aliphatic rings. The Balaban J connectivity index is 2.00. The predicted octanol–water partition coefficient (Wildman–Crippen LogP) is 4.27. The monoisotopic (exact) mass is 356 g/mol. The zero-order chi connectivity index (χ0) is 18.8. The van der Waals surface area contributed by atoms with Crippen molar-refractivity contribution in [1.82, 2.24) is 9.13 Å². The first kappa shape index (κ1) is 18.4. The second kappa shape index (κ2) is 7.48. The Morgan fingerprint density at radius 1 is 0.923 bits per heavy atom. The molecule has 0 saturated heterocycles. The number of imidazole rings is 1. The first-order chi connectivity index (χ1) is 12.4. The molecule has 0 aliphatic heterocycles. The van der Waals surface area contributed by atoms with Crippen molar-refractivity contribution in [1.29, 1.82) is 0 Å². The van der Waals surface area contributed by atoms with Crippen molar-refractivity contribution in [3.8, 4) is 0 Å². The van der Waals surface area contributed by atoms with Gasteiger partial charge in [-0.25, -0.2) is 4.79 Å². The van der Waals surface area contributed by atoms with Crippen molar-refractivity contribution in [2.75, 3.05) is 5.43 Å². The summed E-state index contributed by atoms with van der Waals surface area (Å²) in [4.78, 5) is 24.9. The topological polar surface area (TPSA) is 68.4 Å². The Kier molecular flexibility index (Phi) is 5.30. The lowest BCUT2D eigenvalue weighted by molar-refractivity contribution is -0.113. The summed E-state index contributed by atoms with van der Waals surface area (Å²) in [6, 6.07) is 5.97. The fraction of sp³-hybridized carbons (Fsp3) is 0.550. The number of carbonyl (C=O) groups excluding carboxylic acids is 1. The Hall–Kier alpha value is -2.37. The van der Waals surface area contributed by atoms with Gasteiger partial charge in [0.05, 0.1) is 16.7 Å². The van der Waals surface area contributed by atoms with Crippen LogP contribution in [0.1, 0.15) is 71.9 Å². The first-order valence-corrected chi connectivity index (χ1v) is 9.52. The highest BCUT2D eigenvalue weighted by Gasteiger charge is 2.18. The molecule has 1 aliphatic carbocycles. The van der Waals surface area contributed by atoms with Gasteiger partial charge >= 0.3 is 5.69 Å². The van der Waals surface area contributed by atoms with Gasteiger partial charge < -0.3 is 0 Å². The van der Waals surface area contributed by atoms with Crippen molar-refractivity contribution in [2.45, 2.75) is 71.9 Å². The molecule has 1 fully saturated rings. The molecule has 6 nitrogen and oxygen atoms in total. The second-order valence-electron chi connectivity index (χ2n) is 7.57. The molecule has 140 valence electrons. The summed E-state index contributed by atoms with van der Waals surface area (Å²) < 4.78 is 3.63. The summed E-state index contributed by atoms with van der Waals surface area (Å²) in [7, 11) is 0. The number of aromatic nitrogens is 2. The molecule has 0 bridgehead atoms. The maximum atomic E-state index is 12.8. The van der Waals surface area contributed by atoms with E-state index in [9.17, 15) is 9.59 Å². The summed E-state index contributed by atoms with van der Waals surface area (Å²) >= 11 is 0. The van der Waals surface area contributed by atoms with Crippen LogP contribution in [0.15, 0.2) is 28.1 Å². The minimum Gasteiger partial charge on any atom is -0.293 e. The SMILES string of the molecule is CC(C)n1c(=O)n(C(C)C)c2cc(N/N=C3\CCCCCC3=O)ccc21. The molecule has 1 N–H and O–H groups in total.